The Labute approximate surface area is 139 Å². The van der Waals surface area contributed by atoms with Crippen molar-refractivity contribution < 1.29 is 4.79 Å². The van der Waals surface area contributed by atoms with E-state index in [1.54, 1.807) is 0 Å². The number of benzene rings is 1. The summed E-state index contributed by atoms with van der Waals surface area (Å²) >= 11 is 0. The van der Waals surface area contributed by atoms with Gasteiger partial charge in [0.1, 0.15) is 6.54 Å². The number of nitrogens with one attached hydrogen (secondary N) is 3. The van der Waals surface area contributed by atoms with Gasteiger partial charge >= 0.3 is 0 Å². The van der Waals surface area contributed by atoms with Crippen molar-refractivity contribution in [2.24, 2.45) is 10.9 Å². The van der Waals surface area contributed by atoms with E-state index in [4.69, 9.17) is 0 Å². The van der Waals surface area contributed by atoms with Crippen LogP contribution in [0.25, 0.3) is 0 Å². The minimum Gasteiger partial charge on any atom is -0.357 e. The average molecular weight is 316 g/mol. The van der Waals surface area contributed by atoms with Crippen molar-refractivity contribution in [3.63, 3.8) is 0 Å². The summed E-state index contributed by atoms with van der Waals surface area (Å²) in [5.74, 6) is 1.45. The number of hydrogen-bond acceptors (Lipinski definition) is 2. The molecule has 3 N–H and O–H groups in total. The number of aliphatic imine (C=N–C) groups is 1. The predicted molar refractivity (Wildman–Crippen MR) is 95.6 cm³/mol. The first kappa shape index (κ1) is 17.3. The van der Waals surface area contributed by atoms with Gasteiger partial charge in [-0.3, -0.25) is 4.79 Å². The fraction of sp³-hybridized carbons (Fsp3) is 0.556. The summed E-state index contributed by atoms with van der Waals surface area (Å²) in [6.07, 6.45) is 4.85. The van der Waals surface area contributed by atoms with Crippen LogP contribution in [0.4, 0.5) is 5.69 Å². The number of rotatable bonds is 5. The summed E-state index contributed by atoms with van der Waals surface area (Å²) in [7, 11) is 0. The first-order chi connectivity index (χ1) is 11.2. The molecule has 126 valence electrons. The number of anilines is 1. The van der Waals surface area contributed by atoms with Crippen molar-refractivity contribution in [3.05, 3.63) is 30.3 Å². The number of carbonyl (C=O) groups is 1. The molecule has 1 amide bonds. The van der Waals surface area contributed by atoms with Crippen LogP contribution in [0.2, 0.25) is 0 Å². The van der Waals surface area contributed by atoms with Crippen LogP contribution in [-0.2, 0) is 4.79 Å². The molecule has 0 saturated heterocycles. The molecule has 0 aliphatic heterocycles. The lowest BCUT2D eigenvalue weighted by Crippen LogP contribution is -2.45. The highest BCUT2D eigenvalue weighted by atomic mass is 16.1. The van der Waals surface area contributed by atoms with Gasteiger partial charge in [0, 0.05) is 18.3 Å². The Morgan fingerprint density at radius 2 is 1.87 bits per heavy atom. The number of para-hydroxylation sites is 1. The fourth-order valence-electron chi connectivity index (χ4n) is 2.79. The van der Waals surface area contributed by atoms with E-state index in [0.717, 1.165) is 24.1 Å². The van der Waals surface area contributed by atoms with Gasteiger partial charge in [0.2, 0.25) is 5.91 Å². The van der Waals surface area contributed by atoms with Crippen LogP contribution in [0, 0.1) is 5.92 Å². The normalized spacial score (nSPS) is 21.6. The van der Waals surface area contributed by atoms with Gasteiger partial charge in [-0.25, -0.2) is 4.99 Å². The maximum Gasteiger partial charge on any atom is 0.246 e. The monoisotopic (exact) mass is 316 g/mol. The molecule has 5 nitrogen and oxygen atoms in total. The van der Waals surface area contributed by atoms with Gasteiger partial charge in [-0.2, -0.15) is 0 Å². The summed E-state index contributed by atoms with van der Waals surface area (Å²) in [5.41, 5.74) is 0.798. The molecule has 0 radical (unpaired) electrons. The van der Waals surface area contributed by atoms with Crippen LogP contribution in [0.3, 0.4) is 0 Å². The van der Waals surface area contributed by atoms with E-state index in [2.05, 4.69) is 27.9 Å². The molecule has 1 aliphatic rings. The van der Waals surface area contributed by atoms with Crippen LogP contribution in [0.1, 0.15) is 39.5 Å². The molecule has 1 aromatic rings. The van der Waals surface area contributed by atoms with E-state index in [1.165, 1.54) is 25.7 Å². The second kappa shape index (κ2) is 9.18. The molecule has 1 aliphatic carbocycles. The van der Waals surface area contributed by atoms with Crippen molar-refractivity contribution >= 4 is 17.6 Å². The molecule has 23 heavy (non-hydrogen) atoms. The van der Waals surface area contributed by atoms with Crippen molar-refractivity contribution in [1.82, 2.24) is 10.6 Å². The van der Waals surface area contributed by atoms with Gasteiger partial charge in [0.05, 0.1) is 0 Å². The molecule has 0 heterocycles. The van der Waals surface area contributed by atoms with E-state index in [-0.39, 0.29) is 12.5 Å². The lowest BCUT2D eigenvalue weighted by Gasteiger charge is -2.28. The molecule has 1 fully saturated rings. The zero-order valence-corrected chi connectivity index (χ0v) is 14.1. The molecule has 1 saturated carbocycles. The van der Waals surface area contributed by atoms with E-state index >= 15 is 0 Å². The van der Waals surface area contributed by atoms with E-state index in [0.29, 0.717) is 6.04 Å². The van der Waals surface area contributed by atoms with Crippen LogP contribution in [-0.4, -0.2) is 31.0 Å². The Kier molecular flexibility index (Phi) is 6.91. The van der Waals surface area contributed by atoms with E-state index < -0.39 is 0 Å². The van der Waals surface area contributed by atoms with Crippen molar-refractivity contribution in [2.45, 2.75) is 45.6 Å². The van der Waals surface area contributed by atoms with Crippen LogP contribution in [0.15, 0.2) is 35.3 Å². The molecule has 0 atom stereocenters. The third kappa shape index (κ3) is 6.30. The molecule has 0 bridgehead atoms. The second-order valence-electron chi connectivity index (χ2n) is 6.21. The summed E-state index contributed by atoms with van der Waals surface area (Å²) in [4.78, 5) is 16.4. The van der Waals surface area contributed by atoms with Gasteiger partial charge in [0.15, 0.2) is 5.96 Å². The summed E-state index contributed by atoms with van der Waals surface area (Å²) in [6, 6.07) is 9.92. The number of amides is 1. The van der Waals surface area contributed by atoms with Gasteiger partial charge in [-0.05, 0) is 50.7 Å². The minimum atomic E-state index is -0.106. The Morgan fingerprint density at radius 1 is 1.17 bits per heavy atom. The number of nitrogens with zero attached hydrogens (tertiary/aromatic N) is 1. The molecule has 0 aromatic heterocycles. The molecular formula is C18H28N4O. The Morgan fingerprint density at radius 3 is 2.52 bits per heavy atom. The zero-order valence-electron chi connectivity index (χ0n) is 14.1. The molecule has 5 heteroatoms. The standard InChI is InChI=1S/C18H28N4O/c1-3-19-18(22-16-11-9-14(2)10-12-16)20-13-17(23)21-15-7-5-4-6-8-15/h4-8,14,16H,3,9-13H2,1-2H3,(H,21,23)(H2,19,20,22). The Balaban J connectivity index is 1.84. The van der Waals surface area contributed by atoms with Crippen LogP contribution in [0.5, 0.6) is 0 Å². The number of carbonyl (C=O) groups excluding carboxylic acids is 1. The molecule has 0 spiro atoms. The average Bonchev–Trinajstić information content (AvgIpc) is 2.56. The van der Waals surface area contributed by atoms with Gasteiger partial charge in [0.25, 0.3) is 0 Å². The lowest BCUT2D eigenvalue weighted by atomic mass is 9.87. The SMILES string of the molecule is CCNC(=NCC(=O)Nc1ccccc1)NC1CCC(C)CC1. The largest absolute Gasteiger partial charge is 0.357 e. The van der Waals surface area contributed by atoms with E-state index in [1.807, 2.05) is 37.3 Å². The molecule has 2 rings (SSSR count). The third-order valence-electron chi connectivity index (χ3n) is 4.14. The summed E-state index contributed by atoms with van der Waals surface area (Å²) < 4.78 is 0. The first-order valence-corrected chi connectivity index (χ1v) is 8.57. The molecular weight excluding hydrogens is 288 g/mol. The first-order valence-electron chi connectivity index (χ1n) is 8.57. The van der Waals surface area contributed by atoms with Crippen molar-refractivity contribution in [2.75, 3.05) is 18.4 Å². The van der Waals surface area contributed by atoms with Crippen LogP contribution < -0.4 is 16.0 Å². The Bertz CT molecular complexity index is 507. The fourth-order valence-corrected chi connectivity index (χ4v) is 2.79. The summed E-state index contributed by atoms with van der Waals surface area (Å²) in [5, 5.41) is 9.52. The smallest absolute Gasteiger partial charge is 0.246 e. The number of guanidine groups is 1. The van der Waals surface area contributed by atoms with Crippen LogP contribution >= 0.6 is 0 Å². The maximum absolute atomic E-state index is 12.0. The quantitative estimate of drug-likeness (QED) is 0.578. The van der Waals surface area contributed by atoms with Crippen molar-refractivity contribution in [1.29, 1.82) is 0 Å². The zero-order chi connectivity index (χ0) is 16.5. The van der Waals surface area contributed by atoms with Crippen molar-refractivity contribution in [3.8, 4) is 0 Å². The highest BCUT2D eigenvalue weighted by Gasteiger charge is 2.18. The third-order valence-corrected chi connectivity index (χ3v) is 4.14. The van der Waals surface area contributed by atoms with Gasteiger partial charge < -0.3 is 16.0 Å². The predicted octanol–water partition coefficient (Wildman–Crippen LogP) is 2.76. The van der Waals surface area contributed by atoms with Gasteiger partial charge in [-0.1, -0.05) is 25.1 Å². The second-order valence-corrected chi connectivity index (χ2v) is 6.21. The minimum absolute atomic E-state index is 0.106. The summed E-state index contributed by atoms with van der Waals surface area (Å²) in [6.45, 7) is 5.25. The Hall–Kier alpha value is -2.04. The molecule has 0 unspecified atom stereocenters. The highest BCUT2D eigenvalue weighted by Crippen LogP contribution is 2.23. The highest BCUT2D eigenvalue weighted by molar-refractivity contribution is 5.94. The lowest BCUT2D eigenvalue weighted by molar-refractivity contribution is -0.114. The van der Waals surface area contributed by atoms with Gasteiger partial charge in [-0.15, -0.1) is 0 Å². The molecule has 1 aromatic carbocycles. The van der Waals surface area contributed by atoms with E-state index in [9.17, 15) is 4.79 Å². The maximum atomic E-state index is 12.0. The topological polar surface area (TPSA) is 65.5 Å². The number of hydrogen-bond donors (Lipinski definition) is 3.